The molecular formula is C15H30O7Si. The van der Waals surface area contributed by atoms with Crippen LogP contribution in [0.3, 0.4) is 0 Å². The Morgan fingerprint density at radius 1 is 1.22 bits per heavy atom. The average Bonchev–Trinajstić information content (AvgIpc) is 2.41. The number of carbonyl (C=O) groups excluding carboxylic acids is 1. The first-order chi connectivity index (χ1) is 10.4. The number of hydrogen-bond donors (Lipinski definition) is 2. The molecule has 0 aromatic carbocycles. The van der Waals surface area contributed by atoms with Crippen molar-refractivity contribution in [3.63, 3.8) is 0 Å². The number of ether oxygens (including phenoxy) is 3. The van der Waals surface area contributed by atoms with Crippen LogP contribution in [0.25, 0.3) is 0 Å². The van der Waals surface area contributed by atoms with Crippen molar-refractivity contribution in [2.24, 2.45) is 0 Å². The molecule has 1 heterocycles. The summed E-state index contributed by atoms with van der Waals surface area (Å²) in [6.45, 7) is 11.9. The van der Waals surface area contributed by atoms with Crippen LogP contribution >= 0.6 is 0 Å². The number of aliphatic hydroxyl groups is 2. The first-order valence-electron chi connectivity index (χ1n) is 7.76. The summed E-state index contributed by atoms with van der Waals surface area (Å²) in [6, 6.07) is 0. The summed E-state index contributed by atoms with van der Waals surface area (Å²) in [5.74, 6) is -0.557. The lowest BCUT2D eigenvalue weighted by Crippen LogP contribution is -2.61. The molecule has 0 bridgehead atoms. The smallest absolute Gasteiger partial charge is 0.303 e. The quantitative estimate of drug-likeness (QED) is 0.565. The zero-order chi connectivity index (χ0) is 18.0. The first-order valence-corrected chi connectivity index (χ1v) is 10.7. The van der Waals surface area contributed by atoms with Crippen molar-refractivity contribution in [1.29, 1.82) is 0 Å². The van der Waals surface area contributed by atoms with Crippen LogP contribution < -0.4 is 0 Å². The molecular weight excluding hydrogens is 320 g/mol. The van der Waals surface area contributed by atoms with E-state index in [-0.39, 0.29) is 11.6 Å². The van der Waals surface area contributed by atoms with E-state index in [1.54, 1.807) is 0 Å². The largest absolute Gasteiger partial charge is 0.457 e. The van der Waals surface area contributed by atoms with E-state index < -0.39 is 45.0 Å². The summed E-state index contributed by atoms with van der Waals surface area (Å²) in [5.41, 5.74) is 0. The van der Waals surface area contributed by atoms with Crippen molar-refractivity contribution in [2.75, 3.05) is 13.7 Å². The monoisotopic (exact) mass is 350 g/mol. The van der Waals surface area contributed by atoms with Crippen LogP contribution in [0.4, 0.5) is 0 Å². The second-order valence-electron chi connectivity index (χ2n) is 7.41. The molecule has 23 heavy (non-hydrogen) atoms. The lowest BCUT2D eigenvalue weighted by atomic mass is 9.99. The van der Waals surface area contributed by atoms with E-state index in [0.717, 1.165) is 0 Å². The van der Waals surface area contributed by atoms with Crippen LogP contribution in [0.15, 0.2) is 0 Å². The number of methoxy groups -OCH3 is 1. The van der Waals surface area contributed by atoms with Crippen molar-refractivity contribution in [1.82, 2.24) is 0 Å². The SMILES string of the molecule is CO[C@H]1O[C@H](CO[Si](C)(C)C(C)(C)C)[C@@H](OC(C)=O)[C@H](O)[C@@H]1O. The van der Waals surface area contributed by atoms with E-state index in [1.807, 2.05) is 0 Å². The molecule has 8 heteroatoms. The number of carbonyl (C=O) groups is 1. The minimum atomic E-state index is -2.04. The van der Waals surface area contributed by atoms with Crippen molar-refractivity contribution in [3.05, 3.63) is 0 Å². The van der Waals surface area contributed by atoms with Gasteiger partial charge in [0, 0.05) is 14.0 Å². The minimum Gasteiger partial charge on any atom is -0.457 e. The van der Waals surface area contributed by atoms with Crippen LogP contribution in [-0.4, -0.2) is 68.9 Å². The second-order valence-corrected chi connectivity index (χ2v) is 12.2. The predicted molar refractivity (Wildman–Crippen MR) is 86.4 cm³/mol. The van der Waals surface area contributed by atoms with Crippen LogP contribution in [0.5, 0.6) is 0 Å². The molecule has 0 radical (unpaired) electrons. The minimum absolute atomic E-state index is 0.0113. The third kappa shape index (κ3) is 4.98. The molecule has 0 amide bonds. The zero-order valence-electron chi connectivity index (χ0n) is 15.0. The van der Waals surface area contributed by atoms with E-state index in [0.29, 0.717) is 0 Å². The molecule has 1 fully saturated rings. The number of hydrogen-bond acceptors (Lipinski definition) is 7. The van der Waals surface area contributed by atoms with Gasteiger partial charge in [0.2, 0.25) is 0 Å². The highest BCUT2D eigenvalue weighted by Gasteiger charge is 2.48. The molecule has 0 aliphatic carbocycles. The molecule has 0 aromatic rings. The molecule has 0 aromatic heterocycles. The second kappa shape index (κ2) is 7.58. The summed E-state index contributed by atoms with van der Waals surface area (Å²) >= 11 is 0. The van der Waals surface area contributed by atoms with E-state index in [1.165, 1.54) is 14.0 Å². The maximum atomic E-state index is 11.3. The van der Waals surface area contributed by atoms with Gasteiger partial charge in [-0.2, -0.15) is 0 Å². The third-order valence-electron chi connectivity index (χ3n) is 4.59. The Balaban J connectivity index is 2.88. The van der Waals surface area contributed by atoms with E-state index in [2.05, 4.69) is 33.9 Å². The van der Waals surface area contributed by atoms with Crippen LogP contribution in [0, 0.1) is 0 Å². The Morgan fingerprint density at radius 3 is 2.22 bits per heavy atom. The molecule has 1 aliphatic rings. The van der Waals surface area contributed by atoms with E-state index in [4.69, 9.17) is 18.6 Å². The van der Waals surface area contributed by atoms with Crippen LogP contribution in [0.1, 0.15) is 27.7 Å². The highest BCUT2D eigenvalue weighted by Crippen LogP contribution is 2.37. The van der Waals surface area contributed by atoms with Gasteiger partial charge in [0.15, 0.2) is 20.7 Å². The molecule has 5 atom stereocenters. The van der Waals surface area contributed by atoms with Crippen molar-refractivity contribution in [3.8, 4) is 0 Å². The molecule has 0 saturated carbocycles. The molecule has 1 aliphatic heterocycles. The molecule has 136 valence electrons. The van der Waals surface area contributed by atoms with Crippen molar-refractivity contribution < 1.29 is 33.6 Å². The summed E-state index contributed by atoms with van der Waals surface area (Å²) in [5, 5.41) is 20.2. The topological polar surface area (TPSA) is 94.5 Å². The standard InChI is InChI=1S/C15H30O7Si/c1-9(16)21-13-10(8-20-23(6,7)15(2,3)4)22-14(19-5)12(18)11(13)17/h10-14,17-18H,8H2,1-7H3/t10-,11-,12+,13-,14+/m1/s1. The average molecular weight is 350 g/mol. The Morgan fingerprint density at radius 2 is 1.78 bits per heavy atom. The fraction of sp³-hybridized carbons (Fsp3) is 0.933. The maximum Gasteiger partial charge on any atom is 0.303 e. The van der Waals surface area contributed by atoms with Gasteiger partial charge in [-0.1, -0.05) is 20.8 Å². The van der Waals surface area contributed by atoms with Crippen LogP contribution in [0.2, 0.25) is 18.1 Å². The number of rotatable bonds is 5. The summed E-state index contributed by atoms with van der Waals surface area (Å²) in [6.07, 6.45) is -5.31. The first kappa shape index (κ1) is 20.5. The molecule has 1 saturated heterocycles. The van der Waals surface area contributed by atoms with Gasteiger partial charge in [0.05, 0.1) is 6.61 Å². The Labute approximate surface area is 139 Å². The van der Waals surface area contributed by atoms with Crippen molar-refractivity contribution >= 4 is 14.3 Å². The number of esters is 1. The fourth-order valence-corrected chi connectivity index (χ4v) is 3.09. The van der Waals surface area contributed by atoms with Gasteiger partial charge < -0.3 is 28.8 Å². The van der Waals surface area contributed by atoms with Gasteiger partial charge in [-0.15, -0.1) is 0 Å². The summed E-state index contributed by atoms with van der Waals surface area (Å²) < 4.78 is 21.9. The molecule has 0 unspecified atom stereocenters. The van der Waals surface area contributed by atoms with Gasteiger partial charge >= 0.3 is 5.97 Å². The Bertz CT molecular complexity index is 407. The van der Waals surface area contributed by atoms with Gasteiger partial charge in [-0.05, 0) is 18.1 Å². The highest BCUT2D eigenvalue weighted by molar-refractivity contribution is 6.74. The molecule has 0 spiro atoms. The summed E-state index contributed by atoms with van der Waals surface area (Å²) in [4.78, 5) is 11.3. The lowest BCUT2D eigenvalue weighted by Gasteiger charge is -2.43. The van der Waals surface area contributed by atoms with Gasteiger partial charge in [-0.25, -0.2) is 0 Å². The van der Waals surface area contributed by atoms with Gasteiger partial charge in [0.25, 0.3) is 0 Å². The Hall–Kier alpha value is -0.513. The zero-order valence-corrected chi connectivity index (χ0v) is 16.0. The number of aliphatic hydroxyl groups excluding tert-OH is 2. The molecule has 7 nitrogen and oxygen atoms in total. The summed E-state index contributed by atoms with van der Waals surface area (Å²) in [7, 11) is -0.662. The lowest BCUT2D eigenvalue weighted by molar-refractivity contribution is -0.296. The highest BCUT2D eigenvalue weighted by atomic mass is 28.4. The predicted octanol–water partition coefficient (Wildman–Crippen LogP) is 1.03. The normalized spacial score (nSPS) is 32.7. The molecule has 2 N–H and O–H groups in total. The van der Waals surface area contributed by atoms with E-state index in [9.17, 15) is 15.0 Å². The van der Waals surface area contributed by atoms with Crippen molar-refractivity contribution in [2.45, 2.75) is 76.5 Å². The third-order valence-corrected chi connectivity index (χ3v) is 9.09. The maximum absolute atomic E-state index is 11.3. The van der Waals surface area contributed by atoms with Gasteiger partial charge in [0.1, 0.15) is 18.3 Å². The molecule has 1 rings (SSSR count). The van der Waals surface area contributed by atoms with Crippen LogP contribution in [-0.2, 0) is 23.4 Å². The Kier molecular flexibility index (Phi) is 6.77. The van der Waals surface area contributed by atoms with E-state index >= 15 is 0 Å². The fourth-order valence-electron chi connectivity index (χ4n) is 2.08. The van der Waals surface area contributed by atoms with Gasteiger partial charge in [-0.3, -0.25) is 4.79 Å².